The number of cyclic esters (lactones) is 2. The average molecular weight is 172 g/mol. The number of carbonyl (C=O) groups is 2. The van der Waals surface area contributed by atoms with Crippen LogP contribution in [-0.2, 0) is 4.74 Å². The Morgan fingerprint density at radius 3 is 1.83 bits per heavy atom. The van der Waals surface area contributed by atoms with E-state index >= 15 is 0 Å². The SMILES string of the molecule is O=C1OC(=O)c2ccccc21.[H-].[Na+]. The fourth-order valence-corrected chi connectivity index (χ4v) is 1.03. The molecule has 0 amide bonds. The molecule has 3 nitrogen and oxygen atoms in total. The van der Waals surface area contributed by atoms with E-state index in [2.05, 4.69) is 4.74 Å². The van der Waals surface area contributed by atoms with Crippen molar-refractivity contribution in [1.82, 2.24) is 0 Å². The zero-order chi connectivity index (χ0) is 7.84. The van der Waals surface area contributed by atoms with Gasteiger partial charge >= 0.3 is 41.5 Å². The zero-order valence-electron chi connectivity index (χ0n) is 7.53. The summed E-state index contributed by atoms with van der Waals surface area (Å²) in [6.45, 7) is 0. The third-order valence-corrected chi connectivity index (χ3v) is 1.55. The molecule has 0 unspecified atom stereocenters. The Bertz CT molecular complexity index is 318. The molecule has 56 valence electrons. The van der Waals surface area contributed by atoms with Crippen molar-refractivity contribution in [3.63, 3.8) is 0 Å². The van der Waals surface area contributed by atoms with Crippen LogP contribution in [0.3, 0.4) is 0 Å². The van der Waals surface area contributed by atoms with Crippen molar-refractivity contribution < 1.29 is 45.3 Å². The van der Waals surface area contributed by atoms with E-state index in [0.29, 0.717) is 11.1 Å². The van der Waals surface area contributed by atoms with Gasteiger partial charge in [0.05, 0.1) is 11.1 Å². The number of ether oxygens (including phenoxy) is 1. The molecule has 12 heavy (non-hydrogen) atoms. The van der Waals surface area contributed by atoms with Gasteiger partial charge in [-0.05, 0) is 12.1 Å². The van der Waals surface area contributed by atoms with E-state index in [1.54, 1.807) is 24.3 Å². The summed E-state index contributed by atoms with van der Waals surface area (Å²) in [7, 11) is 0. The van der Waals surface area contributed by atoms with Gasteiger partial charge in [-0.25, -0.2) is 9.59 Å². The summed E-state index contributed by atoms with van der Waals surface area (Å²) in [6, 6.07) is 6.53. The van der Waals surface area contributed by atoms with E-state index in [1.807, 2.05) is 0 Å². The third kappa shape index (κ3) is 1.31. The van der Waals surface area contributed by atoms with Gasteiger partial charge < -0.3 is 6.16 Å². The van der Waals surface area contributed by atoms with Crippen LogP contribution in [0.15, 0.2) is 24.3 Å². The van der Waals surface area contributed by atoms with Crippen molar-refractivity contribution in [3.8, 4) is 0 Å². The Kier molecular flexibility index (Phi) is 2.67. The minimum Gasteiger partial charge on any atom is -1.00 e. The van der Waals surface area contributed by atoms with Crippen LogP contribution in [0.4, 0.5) is 0 Å². The molecule has 1 aromatic rings. The van der Waals surface area contributed by atoms with Crippen LogP contribution in [0.5, 0.6) is 0 Å². The topological polar surface area (TPSA) is 43.4 Å². The van der Waals surface area contributed by atoms with Gasteiger partial charge in [0.2, 0.25) is 0 Å². The molecule has 0 saturated carbocycles. The van der Waals surface area contributed by atoms with Crippen LogP contribution in [-0.4, -0.2) is 11.9 Å². The smallest absolute Gasteiger partial charge is 1.00 e. The Labute approximate surface area is 92.5 Å². The quantitative estimate of drug-likeness (QED) is 0.261. The summed E-state index contributed by atoms with van der Waals surface area (Å²) in [4.78, 5) is 21.7. The van der Waals surface area contributed by atoms with E-state index in [9.17, 15) is 9.59 Å². The Morgan fingerprint density at radius 2 is 1.42 bits per heavy atom. The number of hydrogen-bond acceptors (Lipinski definition) is 3. The van der Waals surface area contributed by atoms with Crippen molar-refractivity contribution in [2.24, 2.45) is 0 Å². The molecule has 0 bridgehead atoms. The maximum atomic E-state index is 10.8. The van der Waals surface area contributed by atoms with E-state index in [4.69, 9.17) is 0 Å². The number of carbonyl (C=O) groups excluding carboxylic acids is 2. The Balaban J connectivity index is 0.000000720. The standard InChI is InChI=1S/C8H4O3.Na.H/c9-7-5-3-1-2-4-6(5)8(10)11-7;;/h1-4H;;/q;+1;-1. The van der Waals surface area contributed by atoms with Gasteiger partial charge in [-0.2, -0.15) is 0 Å². The maximum Gasteiger partial charge on any atom is 1.00 e. The number of fused-ring (bicyclic) bond motifs is 1. The van der Waals surface area contributed by atoms with Gasteiger partial charge in [-0.1, -0.05) is 12.1 Å². The van der Waals surface area contributed by atoms with Crippen LogP contribution in [0.1, 0.15) is 22.1 Å². The molecule has 0 N–H and O–H groups in total. The first-order valence-electron chi connectivity index (χ1n) is 3.14. The van der Waals surface area contributed by atoms with Gasteiger partial charge in [-0.3, -0.25) is 0 Å². The maximum absolute atomic E-state index is 10.8. The first kappa shape index (κ1) is 9.45. The van der Waals surface area contributed by atoms with Crippen molar-refractivity contribution in [2.45, 2.75) is 0 Å². The minimum absolute atomic E-state index is 0. The molecule has 0 fully saturated rings. The first-order chi connectivity index (χ1) is 5.29. The van der Waals surface area contributed by atoms with E-state index in [1.165, 1.54) is 0 Å². The van der Waals surface area contributed by atoms with Crippen LogP contribution in [0, 0.1) is 0 Å². The summed E-state index contributed by atoms with van der Waals surface area (Å²) >= 11 is 0. The van der Waals surface area contributed by atoms with E-state index < -0.39 is 11.9 Å². The second-order valence-electron chi connectivity index (χ2n) is 2.22. The van der Waals surface area contributed by atoms with E-state index in [0.717, 1.165) is 0 Å². The molecule has 0 spiro atoms. The minimum atomic E-state index is -0.550. The third-order valence-electron chi connectivity index (χ3n) is 1.55. The fourth-order valence-electron chi connectivity index (χ4n) is 1.03. The molecule has 1 aliphatic heterocycles. The molecule has 1 aliphatic rings. The van der Waals surface area contributed by atoms with Crippen molar-refractivity contribution in [3.05, 3.63) is 35.4 Å². The predicted octanol–water partition coefficient (Wildman–Crippen LogP) is -1.89. The van der Waals surface area contributed by atoms with Crippen LogP contribution >= 0.6 is 0 Å². The second kappa shape index (κ2) is 3.39. The van der Waals surface area contributed by atoms with Gasteiger partial charge in [0.25, 0.3) is 0 Å². The molecular weight excluding hydrogens is 167 g/mol. The molecule has 0 aliphatic carbocycles. The molecule has 1 heterocycles. The molecule has 2 rings (SSSR count). The van der Waals surface area contributed by atoms with E-state index in [-0.39, 0.29) is 31.0 Å². The number of hydrogen-bond donors (Lipinski definition) is 0. The number of rotatable bonds is 0. The molecule has 0 aromatic heterocycles. The fraction of sp³-hybridized carbons (Fsp3) is 0. The van der Waals surface area contributed by atoms with Crippen molar-refractivity contribution >= 4 is 11.9 Å². The molecule has 1 aromatic carbocycles. The summed E-state index contributed by atoms with van der Waals surface area (Å²) in [5.74, 6) is -1.10. The van der Waals surface area contributed by atoms with Gasteiger partial charge in [0.15, 0.2) is 0 Å². The monoisotopic (exact) mass is 172 g/mol. The molecular formula is C8H5NaO3. The predicted molar refractivity (Wildman–Crippen MR) is 37.3 cm³/mol. The van der Waals surface area contributed by atoms with Crippen LogP contribution < -0.4 is 29.6 Å². The zero-order valence-corrected chi connectivity index (χ0v) is 8.53. The van der Waals surface area contributed by atoms with Gasteiger partial charge in [0, 0.05) is 0 Å². The Hall–Kier alpha value is -0.640. The largest absolute Gasteiger partial charge is 1.00 e. The normalized spacial score (nSPS) is 13.3. The average Bonchev–Trinajstić information content (AvgIpc) is 2.30. The van der Waals surface area contributed by atoms with Crippen molar-refractivity contribution in [2.75, 3.05) is 0 Å². The summed E-state index contributed by atoms with van der Waals surface area (Å²) in [6.07, 6.45) is 0. The van der Waals surface area contributed by atoms with Gasteiger partial charge in [-0.15, -0.1) is 0 Å². The summed E-state index contributed by atoms with van der Waals surface area (Å²) in [5.41, 5.74) is 0.718. The summed E-state index contributed by atoms with van der Waals surface area (Å²) < 4.78 is 4.35. The molecule has 0 atom stereocenters. The number of esters is 2. The van der Waals surface area contributed by atoms with Crippen molar-refractivity contribution in [1.29, 1.82) is 0 Å². The first-order valence-corrected chi connectivity index (χ1v) is 3.14. The van der Waals surface area contributed by atoms with Crippen LogP contribution in [0.25, 0.3) is 0 Å². The van der Waals surface area contributed by atoms with Gasteiger partial charge in [0.1, 0.15) is 0 Å². The molecule has 0 saturated heterocycles. The molecule has 4 heteroatoms. The second-order valence-corrected chi connectivity index (χ2v) is 2.22. The van der Waals surface area contributed by atoms with Crippen LogP contribution in [0.2, 0.25) is 0 Å². The molecule has 0 radical (unpaired) electrons. The Morgan fingerprint density at radius 1 is 1.00 bits per heavy atom. The summed E-state index contributed by atoms with van der Waals surface area (Å²) in [5, 5.41) is 0. The number of benzene rings is 1.